The van der Waals surface area contributed by atoms with Crippen LogP contribution in [0.5, 0.6) is 0 Å². The number of pyridine rings is 1. The van der Waals surface area contributed by atoms with Crippen molar-refractivity contribution in [1.82, 2.24) is 20.5 Å². The van der Waals surface area contributed by atoms with Gasteiger partial charge in [0.1, 0.15) is 15.8 Å². The van der Waals surface area contributed by atoms with Crippen molar-refractivity contribution in [2.24, 2.45) is 0 Å². The van der Waals surface area contributed by atoms with Crippen LogP contribution >= 0.6 is 11.3 Å². The number of hydrogen-bond acceptors (Lipinski definition) is 5. The van der Waals surface area contributed by atoms with E-state index in [0.717, 1.165) is 16.4 Å². The Morgan fingerprint density at radius 3 is 2.78 bits per heavy atom. The van der Waals surface area contributed by atoms with Crippen LogP contribution in [-0.4, -0.2) is 21.1 Å². The molecule has 3 rings (SSSR count). The maximum absolute atomic E-state index is 13.4. The molecule has 0 aliphatic carbocycles. The lowest BCUT2D eigenvalue weighted by molar-refractivity contribution is 0.0952. The lowest BCUT2D eigenvalue weighted by atomic mass is 10.1. The Hall–Kier alpha value is -2.41. The average molecular weight is 330 g/mol. The second-order valence-electron chi connectivity index (χ2n) is 5.10. The van der Waals surface area contributed by atoms with E-state index in [-0.39, 0.29) is 11.7 Å². The summed E-state index contributed by atoms with van der Waals surface area (Å²) in [5.41, 5.74) is 1.62. The molecular formula is C16H15FN4OS. The first-order valence-corrected chi connectivity index (χ1v) is 8.05. The van der Waals surface area contributed by atoms with Gasteiger partial charge in [-0.1, -0.05) is 18.3 Å². The van der Waals surface area contributed by atoms with E-state index in [9.17, 15) is 9.18 Å². The van der Waals surface area contributed by atoms with Crippen molar-refractivity contribution in [3.05, 3.63) is 51.4 Å². The molecule has 0 aliphatic heterocycles. The predicted molar refractivity (Wildman–Crippen MR) is 86.9 cm³/mol. The Morgan fingerprint density at radius 1 is 1.26 bits per heavy atom. The highest BCUT2D eigenvalue weighted by atomic mass is 32.1. The smallest absolute Gasteiger partial charge is 0.252 e. The summed E-state index contributed by atoms with van der Waals surface area (Å²) in [6, 6.07) is 5.94. The van der Waals surface area contributed by atoms with E-state index in [2.05, 4.69) is 20.5 Å². The summed E-state index contributed by atoms with van der Waals surface area (Å²) >= 11 is 1.48. The molecule has 0 bridgehead atoms. The quantitative estimate of drug-likeness (QED) is 0.798. The van der Waals surface area contributed by atoms with Gasteiger partial charge in [0.05, 0.1) is 17.6 Å². The molecule has 0 saturated heterocycles. The minimum Gasteiger partial charge on any atom is -0.345 e. The van der Waals surface area contributed by atoms with E-state index in [1.165, 1.54) is 23.5 Å². The van der Waals surface area contributed by atoms with E-state index in [4.69, 9.17) is 0 Å². The maximum atomic E-state index is 13.4. The summed E-state index contributed by atoms with van der Waals surface area (Å²) in [7, 11) is 0. The molecule has 0 unspecified atom stereocenters. The van der Waals surface area contributed by atoms with Crippen LogP contribution in [0.2, 0.25) is 0 Å². The molecular weight excluding hydrogens is 315 g/mol. The van der Waals surface area contributed by atoms with Gasteiger partial charge in [-0.05, 0) is 31.5 Å². The minimum absolute atomic E-state index is 0.236. The summed E-state index contributed by atoms with van der Waals surface area (Å²) in [5.74, 6) is -0.608. The summed E-state index contributed by atoms with van der Waals surface area (Å²) in [5, 5.41) is 13.2. The highest BCUT2D eigenvalue weighted by Gasteiger charge is 2.13. The molecule has 0 radical (unpaired) electrons. The van der Waals surface area contributed by atoms with Gasteiger partial charge in [0.2, 0.25) is 0 Å². The van der Waals surface area contributed by atoms with E-state index >= 15 is 0 Å². The Labute approximate surface area is 136 Å². The number of amides is 1. The van der Waals surface area contributed by atoms with Gasteiger partial charge in [0, 0.05) is 17.1 Å². The van der Waals surface area contributed by atoms with Gasteiger partial charge in [-0.15, -0.1) is 10.2 Å². The second kappa shape index (κ2) is 6.37. The Kier molecular flexibility index (Phi) is 4.29. The van der Waals surface area contributed by atoms with Gasteiger partial charge in [-0.25, -0.2) is 4.39 Å². The standard InChI is InChI=1S/C16H15FN4OS/c1-3-14-20-21-15(23-14)8-18-16(22)12-6-9(2)19-13-7-10(17)4-5-11(12)13/h4-7H,3,8H2,1-2H3,(H,18,22). The minimum atomic E-state index is -0.372. The Balaban J connectivity index is 1.85. The molecule has 2 heterocycles. The SMILES string of the molecule is CCc1nnc(CNC(=O)c2cc(C)nc3cc(F)ccc23)s1. The molecule has 5 nitrogen and oxygen atoms in total. The lowest BCUT2D eigenvalue weighted by Gasteiger charge is -2.08. The summed E-state index contributed by atoms with van der Waals surface area (Å²) < 4.78 is 13.4. The van der Waals surface area contributed by atoms with Crippen LogP contribution in [0.1, 0.15) is 33.0 Å². The number of halogens is 1. The first-order valence-electron chi connectivity index (χ1n) is 7.23. The second-order valence-corrected chi connectivity index (χ2v) is 6.25. The van der Waals surface area contributed by atoms with Gasteiger partial charge < -0.3 is 5.32 Å². The molecule has 23 heavy (non-hydrogen) atoms. The summed E-state index contributed by atoms with van der Waals surface area (Å²) in [4.78, 5) is 16.7. The Bertz CT molecular complexity index is 872. The third kappa shape index (κ3) is 3.34. The number of carbonyl (C=O) groups excluding carboxylic acids is 1. The number of aromatic nitrogens is 3. The van der Waals surface area contributed by atoms with Crippen molar-refractivity contribution in [2.45, 2.75) is 26.8 Å². The fourth-order valence-corrected chi connectivity index (χ4v) is 3.00. The van der Waals surface area contributed by atoms with Crippen LogP contribution in [0.3, 0.4) is 0 Å². The molecule has 0 aliphatic rings. The molecule has 2 aromatic heterocycles. The number of nitrogens with one attached hydrogen (secondary N) is 1. The van der Waals surface area contributed by atoms with E-state index < -0.39 is 0 Å². The molecule has 1 N–H and O–H groups in total. The van der Waals surface area contributed by atoms with Crippen molar-refractivity contribution in [2.75, 3.05) is 0 Å². The van der Waals surface area contributed by atoms with Gasteiger partial charge in [0.25, 0.3) is 5.91 Å². The first-order chi connectivity index (χ1) is 11.1. The van der Waals surface area contributed by atoms with Crippen molar-refractivity contribution in [3.8, 4) is 0 Å². The molecule has 0 spiro atoms. The Morgan fingerprint density at radius 2 is 2.04 bits per heavy atom. The predicted octanol–water partition coefficient (Wildman–Crippen LogP) is 3.03. The first kappa shape index (κ1) is 15.5. The van der Waals surface area contributed by atoms with Crippen molar-refractivity contribution in [1.29, 1.82) is 0 Å². The van der Waals surface area contributed by atoms with Gasteiger partial charge >= 0.3 is 0 Å². The zero-order valence-electron chi connectivity index (χ0n) is 12.8. The number of nitrogens with zero attached hydrogens (tertiary/aromatic N) is 3. The molecule has 3 aromatic rings. The summed E-state index contributed by atoms with van der Waals surface area (Å²) in [6.07, 6.45) is 0.825. The van der Waals surface area contributed by atoms with Gasteiger partial charge in [-0.3, -0.25) is 9.78 Å². The van der Waals surface area contributed by atoms with Crippen molar-refractivity contribution in [3.63, 3.8) is 0 Å². The fourth-order valence-electron chi connectivity index (χ4n) is 2.28. The normalized spacial score (nSPS) is 10.9. The van der Waals surface area contributed by atoms with E-state index in [0.29, 0.717) is 28.7 Å². The van der Waals surface area contributed by atoms with Crippen LogP contribution in [0, 0.1) is 12.7 Å². The van der Waals surface area contributed by atoms with Crippen LogP contribution < -0.4 is 5.32 Å². The fraction of sp³-hybridized carbons (Fsp3) is 0.250. The number of rotatable bonds is 4. The molecule has 0 fully saturated rings. The largest absolute Gasteiger partial charge is 0.345 e. The van der Waals surface area contributed by atoms with Gasteiger partial charge in [0.15, 0.2) is 0 Å². The van der Waals surface area contributed by atoms with E-state index in [1.807, 2.05) is 6.92 Å². The average Bonchev–Trinajstić information content (AvgIpc) is 2.99. The third-order valence-electron chi connectivity index (χ3n) is 3.36. The van der Waals surface area contributed by atoms with E-state index in [1.54, 1.807) is 19.1 Å². The maximum Gasteiger partial charge on any atom is 0.252 e. The molecule has 1 amide bonds. The van der Waals surface area contributed by atoms with Crippen LogP contribution in [0.25, 0.3) is 10.9 Å². The monoisotopic (exact) mass is 330 g/mol. The number of carbonyl (C=O) groups is 1. The third-order valence-corrected chi connectivity index (χ3v) is 4.42. The van der Waals surface area contributed by atoms with Crippen LogP contribution in [-0.2, 0) is 13.0 Å². The number of benzene rings is 1. The number of hydrogen-bond donors (Lipinski definition) is 1. The zero-order valence-corrected chi connectivity index (χ0v) is 13.6. The molecule has 1 aromatic carbocycles. The molecule has 118 valence electrons. The number of fused-ring (bicyclic) bond motifs is 1. The lowest BCUT2D eigenvalue weighted by Crippen LogP contribution is -2.23. The highest BCUT2D eigenvalue weighted by Crippen LogP contribution is 2.20. The molecule has 7 heteroatoms. The number of aryl methyl sites for hydroxylation is 2. The molecule has 0 saturated carbocycles. The van der Waals surface area contributed by atoms with Crippen molar-refractivity contribution >= 4 is 28.1 Å². The topological polar surface area (TPSA) is 67.8 Å². The van der Waals surface area contributed by atoms with Gasteiger partial charge in [-0.2, -0.15) is 0 Å². The summed E-state index contributed by atoms with van der Waals surface area (Å²) in [6.45, 7) is 4.11. The highest BCUT2D eigenvalue weighted by molar-refractivity contribution is 7.11. The molecule has 0 atom stereocenters. The zero-order chi connectivity index (χ0) is 16.4. The van der Waals surface area contributed by atoms with Crippen LogP contribution in [0.4, 0.5) is 4.39 Å². The van der Waals surface area contributed by atoms with Crippen LogP contribution in [0.15, 0.2) is 24.3 Å². The van der Waals surface area contributed by atoms with Crippen molar-refractivity contribution < 1.29 is 9.18 Å².